The van der Waals surface area contributed by atoms with Gasteiger partial charge in [-0.25, -0.2) is 0 Å². The molecule has 6 heteroatoms. The van der Waals surface area contributed by atoms with Crippen LogP contribution in [0.3, 0.4) is 0 Å². The van der Waals surface area contributed by atoms with E-state index in [1.165, 1.54) is 48.3 Å². The molecule has 0 atom stereocenters. The van der Waals surface area contributed by atoms with Crippen LogP contribution < -0.4 is 18.9 Å². The van der Waals surface area contributed by atoms with Crippen LogP contribution >= 0.6 is 23.1 Å². The molecule has 5 aromatic carbocycles. The number of benzene rings is 5. The Labute approximate surface area is 302 Å². The van der Waals surface area contributed by atoms with E-state index in [0.717, 1.165) is 46.1 Å². The van der Waals surface area contributed by atoms with E-state index in [4.69, 9.17) is 9.47 Å². The van der Waals surface area contributed by atoms with Gasteiger partial charge >= 0.3 is 0 Å². The zero-order valence-electron chi connectivity index (χ0n) is 29.0. The fraction of sp³-hybridized carbons (Fsp3) is 0.205. The molecule has 2 heterocycles. The van der Waals surface area contributed by atoms with Crippen molar-refractivity contribution in [1.29, 1.82) is 0 Å². The van der Waals surface area contributed by atoms with E-state index in [0.29, 0.717) is 6.73 Å². The number of thiazole rings is 1. The van der Waals surface area contributed by atoms with Gasteiger partial charge in [-0.2, -0.15) is 0 Å². The maximum atomic E-state index is 6.40. The molecule has 0 bridgehead atoms. The Morgan fingerprint density at radius 2 is 1.64 bits per heavy atom. The molecule has 6 aromatic rings. The maximum Gasteiger partial charge on any atom is 0.293 e. The lowest BCUT2D eigenvalue weighted by Crippen LogP contribution is -2.37. The van der Waals surface area contributed by atoms with Crippen molar-refractivity contribution < 1.29 is 14.0 Å². The standard InChI is InChI=1S/C44H41N2O2S2/c1-5-45-39-21-18-33-13-8-9-15-37(33)43(39)50-42(45)24-31-23-30(27-44(2,3)28-31)11-10-16-41-46(38-22-20-35(47-4)26-40(38)49-41)29-48-36-19-17-32-12-6-7-14-34(32)25-36/h6-26H,5,27-29H2,1-4H3/q+1. The monoisotopic (exact) mass is 693 g/mol. The van der Waals surface area contributed by atoms with Crippen molar-refractivity contribution in [1.82, 2.24) is 0 Å². The van der Waals surface area contributed by atoms with Crippen LogP contribution in [0.25, 0.3) is 37.8 Å². The molecule has 0 N–H and O–H groups in total. The van der Waals surface area contributed by atoms with Crippen LogP contribution in [0.1, 0.15) is 38.6 Å². The third-order valence-corrected chi connectivity index (χ3v) is 11.8. The average Bonchev–Trinajstić information content (AvgIpc) is 3.66. The van der Waals surface area contributed by atoms with Crippen LogP contribution in [0.4, 0.5) is 5.69 Å². The van der Waals surface area contributed by atoms with Crippen molar-refractivity contribution in [2.45, 2.75) is 45.2 Å². The second-order valence-corrected chi connectivity index (χ2v) is 15.9. The summed E-state index contributed by atoms with van der Waals surface area (Å²) in [5, 5.41) is 7.45. The van der Waals surface area contributed by atoms with Crippen molar-refractivity contribution in [3.8, 4) is 11.5 Å². The van der Waals surface area contributed by atoms with Gasteiger partial charge in [-0.15, -0.1) is 4.57 Å². The first-order valence-electron chi connectivity index (χ1n) is 17.3. The minimum atomic E-state index is 0.169. The average molecular weight is 694 g/mol. The Bertz CT molecular complexity index is 2380. The summed E-state index contributed by atoms with van der Waals surface area (Å²) in [4.78, 5) is 3.83. The number of anilines is 1. The van der Waals surface area contributed by atoms with Gasteiger partial charge in [0.15, 0.2) is 0 Å². The fourth-order valence-electron chi connectivity index (χ4n) is 7.25. The highest BCUT2D eigenvalue weighted by Gasteiger charge is 2.29. The van der Waals surface area contributed by atoms with E-state index < -0.39 is 0 Å². The van der Waals surface area contributed by atoms with Crippen LogP contribution in [0.5, 0.6) is 11.5 Å². The van der Waals surface area contributed by atoms with E-state index in [1.807, 2.05) is 17.8 Å². The summed E-state index contributed by atoms with van der Waals surface area (Å²) in [5.74, 6) is 1.71. The van der Waals surface area contributed by atoms with E-state index in [2.05, 4.69) is 152 Å². The number of thioether (sulfide) groups is 1. The molecule has 0 radical (unpaired) electrons. The summed E-state index contributed by atoms with van der Waals surface area (Å²) < 4.78 is 15.4. The topological polar surface area (TPSA) is 25.6 Å². The minimum absolute atomic E-state index is 0.169. The van der Waals surface area contributed by atoms with Crippen molar-refractivity contribution in [3.05, 3.63) is 143 Å². The Morgan fingerprint density at radius 1 is 0.860 bits per heavy atom. The number of ether oxygens (including phenoxy) is 2. The molecule has 50 heavy (non-hydrogen) atoms. The lowest BCUT2D eigenvalue weighted by Gasteiger charge is -2.31. The van der Waals surface area contributed by atoms with Gasteiger partial charge < -0.3 is 14.4 Å². The summed E-state index contributed by atoms with van der Waals surface area (Å²) in [5.41, 5.74) is 5.34. The summed E-state index contributed by atoms with van der Waals surface area (Å²) in [6.07, 6.45) is 13.6. The molecule has 0 spiro atoms. The highest BCUT2D eigenvalue weighted by molar-refractivity contribution is 8.04. The van der Waals surface area contributed by atoms with Gasteiger partial charge in [0, 0.05) is 29.6 Å². The first-order valence-corrected chi connectivity index (χ1v) is 18.9. The predicted molar refractivity (Wildman–Crippen MR) is 212 cm³/mol. The SMILES string of the molecule is CCN1/C(=C/C2=CC(=C/C=C/c3sc4cc(OC)ccc4[n+]3COc3ccc4ccccc4c3)/CC(C)(C)C2)Sc2c1ccc1ccccc21. The third kappa shape index (κ3) is 6.46. The zero-order chi connectivity index (χ0) is 34.2. The van der Waals surface area contributed by atoms with Crippen LogP contribution in [-0.2, 0) is 6.73 Å². The lowest BCUT2D eigenvalue weighted by atomic mass is 9.75. The molecule has 0 amide bonds. The summed E-state index contributed by atoms with van der Waals surface area (Å²) >= 11 is 3.66. The number of aromatic nitrogens is 1. The highest BCUT2D eigenvalue weighted by Crippen LogP contribution is 2.50. The van der Waals surface area contributed by atoms with Gasteiger partial charge in [-0.05, 0) is 88.2 Å². The minimum Gasteiger partial charge on any atom is -0.497 e. The van der Waals surface area contributed by atoms with Crippen LogP contribution in [0.2, 0.25) is 0 Å². The second kappa shape index (κ2) is 13.5. The van der Waals surface area contributed by atoms with Gasteiger partial charge in [0.25, 0.3) is 11.7 Å². The molecule has 0 unspecified atom stereocenters. The second-order valence-electron chi connectivity index (χ2n) is 13.8. The van der Waals surface area contributed by atoms with Gasteiger partial charge in [-0.3, -0.25) is 0 Å². The molecule has 8 rings (SSSR count). The molecule has 1 aliphatic heterocycles. The van der Waals surface area contributed by atoms with E-state index >= 15 is 0 Å². The molecule has 1 aliphatic carbocycles. The van der Waals surface area contributed by atoms with Crippen LogP contribution in [0, 0.1) is 5.41 Å². The van der Waals surface area contributed by atoms with Crippen LogP contribution in [-0.4, -0.2) is 13.7 Å². The number of fused-ring (bicyclic) bond motifs is 5. The Morgan fingerprint density at radius 3 is 2.48 bits per heavy atom. The Kier molecular flexibility index (Phi) is 8.76. The van der Waals surface area contributed by atoms with Gasteiger partial charge in [0.2, 0.25) is 5.52 Å². The molecule has 250 valence electrons. The van der Waals surface area contributed by atoms with Crippen molar-refractivity contribution in [3.63, 3.8) is 0 Å². The van der Waals surface area contributed by atoms with Gasteiger partial charge in [-0.1, -0.05) is 116 Å². The molecule has 1 aromatic heterocycles. The summed E-state index contributed by atoms with van der Waals surface area (Å²) in [7, 11) is 1.72. The normalized spacial score (nSPS) is 17.4. The summed E-state index contributed by atoms with van der Waals surface area (Å²) in [6.45, 7) is 8.37. The van der Waals surface area contributed by atoms with Gasteiger partial charge in [0.05, 0.1) is 17.8 Å². The maximum absolute atomic E-state index is 6.40. The molecule has 0 saturated heterocycles. The molecule has 0 fully saturated rings. The Hall–Kier alpha value is -4.78. The largest absolute Gasteiger partial charge is 0.497 e. The molecule has 2 aliphatic rings. The third-order valence-electron chi connectivity index (χ3n) is 9.55. The number of allylic oxidation sites excluding steroid dienone is 6. The number of hydrogen-bond donors (Lipinski definition) is 0. The Balaban J connectivity index is 1.08. The molecule has 0 saturated carbocycles. The van der Waals surface area contributed by atoms with Crippen LogP contribution in [0.15, 0.2) is 142 Å². The molecular weight excluding hydrogens is 653 g/mol. The van der Waals surface area contributed by atoms with Gasteiger partial charge in [0.1, 0.15) is 16.2 Å². The van der Waals surface area contributed by atoms with Crippen molar-refractivity contribution in [2.24, 2.45) is 5.41 Å². The number of nitrogens with zero attached hydrogens (tertiary/aromatic N) is 2. The van der Waals surface area contributed by atoms with E-state index in [-0.39, 0.29) is 5.41 Å². The van der Waals surface area contributed by atoms with Crippen molar-refractivity contribution in [2.75, 3.05) is 18.6 Å². The quantitative estimate of drug-likeness (QED) is 0.148. The summed E-state index contributed by atoms with van der Waals surface area (Å²) in [6, 6.07) is 34.2. The lowest BCUT2D eigenvalue weighted by molar-refractivity contribution is -0.698. The van der Waals surface area contributed by atoms with E-state index in [1.54, 1.807) is 18.4 Å². The van der Waals surface area contributed by atoms with Crippen molar-refractivity contribution >= 4 is 66.6 Å². The predicted octanol–water partition coefficient (Wildman–Crippen LogP) is 11.7. The molecule has 4 nitrogen and oxygen atoms in total. The number of hydrogen-bond acceptors (Lipinski definition) is 5. The first kappa shape index (κ1) is 32.4. The first-order chi connectivity index (χ1) is 24.4. The van der Waals surface area contributed by atoms with E-state index in [9.17, 15) is 0 Å². The number of methoxy groups -OCH3 is 1. The number of rotatable bonds is 8. The molecular formula is C44H41N2O2S2+. The zero-order valence-corrected chi connectivity index (χ0v) is 30.6. The fourth-order valence-corrected chi connectivity index (χ4v) is 9.68. The smallest absolute Gasteiger partial charge is 0.293 e. The highest BCUT2D eigenvalue weighted by atomic mass is 32.2.